The fraction of sp³-hybridized carbons (Fsp3) is 0.364. The molecule has 0 spiro atoms. The van der Waals surface area contributed by atoms with E-state index in [2.05, 4.69) is 11.6 Å². The first-order valence-electron chi connectivity index (χ1n) is 6.24. The smallest absolute Gasteiger partial charge is 0.0582 e. The number of pyridine rings is 1. The summed E-state index contributed by atoms with van der Waals surface area (Å²) < 4.78 is 31.0. The third-order valence-electron chi connectivity index (χ3n) is 2.23. The first-order valence-corrected chi connectivity index (χ1v) is 4.24. The van der Waals surface area contributed by atoms with Gasteiger partial charge in [0.1, 0.15) is 0 Å². The summed E-state index contributed by atoms with van der Waals surface area (Å²) in [7, 11) is 0. The largest absolute Gasteiger partial charge is 0.371 e. The van der Waals surface area contributed by atoms with Gasteiger partial charge in [-0.25, -0.2) is 0 Å². The molecule has 0 bridgehead atoms. The molecular formula is C11H14N2. The van der Waals surface area contributed by atoms with Crippen LogP contribution in [0.4, 0.5) is 0 Å². The van der Waals surface area contributed by atoms with Crippen LogP contribution in [0.2, 0.25) is 0 Å². The van der Waals surface area contributed by atoms with E-state index < -0.39 is 13.0 Å². The second-order valence-electron chi connectivity index (χ2n) is 3.09. The van der Waals surface area contributed by atoms with Crippen LogP contribution in [-0.2, 0) is 0 Å². The molecule has 2 heterocycles. The van der Waals surface area contributed by atoms with Crippen LogP contribution >= 0.6 is 0 Å². The van der Waals surface area contributed by atoms with E-state index in [9.17, 15) is 0 Å². The lowest BCUT2D eigenvalue weighted by molar-refractivity contribution is 0.361. The summed E-state index contributed by atoms with van der Waals surface area (Å²) >= 11 is 0. The van der Waals surface area contributed by atoms with Crippen molar-refractivity contribution < 1.29 is 5.48 Å². The molecule has 0 unspecified atom stereocenters. The maximum absolute atomic E-state index is 8.43. The Morgan fingerprint density at radius 2 is 2.77 bits per heavy atom. The summed E-state index contributed by atoms with van der Waals surface area (Å²) in [6.07, 6.45) is 4.10. The van der Waals surface area contributed by atoms with Gasteiger partial charge in [-0.15, -0.1) is 0 Å². The highest BCUT2D eigenvalue weighted by Gasteiger charge is 2.24. The summed E-state index contributed by atoms with van der Waals surface area (Å²) in [6.45, 7) is 1.41. The van der Waals surface area contributed by atoms with Gasteiger partial charge in [0, 0.05) is 29.2 Å². The molecule has 68 valence electrons. The predicted octanol–water partition coefficient (Wildman–Crippen LogP) is 2.36. The second-order valence-corrected chi connectivity index (χ2v) is 3.09. The molecule has 2 nitrogen and oxygen atoms in total. The molecule has 1 atom stereocenters. The number of allylic oxidation sites excluding steroid dienone is 1. The van der Waals surface area contributed by atoms with Crippen LogP contribution in [0, 0.1) is 0 Å². The Morgan fingerprint density at radius 1 is 1.85 bits per heavy atom. The van der Waals surface area contributed by atoms with Crippen LogP contribution in [0.3, 0.4) is 0 Å². The van der Waals surface area contributed by atoms with Gasteiger partial charge in [0.25, 0.3) is 0 Å². The van der Waals surface area contributed by atoms with E-state index in [0.717, 1.165) is 4.90 Å². The van der Waals surface area contributed by atoms with Gasteiger partial charge in [0.2, 0.25) is 0 Å². The highest BCUT2D eigenvalue weighted by molar-refractivity contribution is 5.19. The van der Waals surface area contributed by atoms with Gasteiger partial charge in [0.15, 0.2) is 0 Å². The zero-order valence-electron chi connectivity index (χ0n) is 11.3. The number of rotatable bonds is 1. The zero-order valence-corrected chi connectivity index (χ0v) is 7.33. The average Bonchev–Trinajstić information content (AvgIpc) is 2.57. The molecule has 2 heteroatoms. The highest BCUT2D eigenvalue weighted by atomic mass is 15.2. The lowest BCUT2D eigenvalue weighted by atomic mass is 10.1. The normalized spacial score (nSPS) is 33.5. The molecule has 0 amide bonds. The van der Waals surface area contributed by atoms with Crippen LogP contribution < -0.4 is 0 Å². The van der Waals surface area contributed by atoms with Crippen LogP contribution in [0.25, 0.3) is 0 Å². The quantitative estimate of drug-likeness (QED) is 0.656. The molecule has 0 aliphatic carbocycles. The summed E-state index contributed by atoms with van der Waals surface area (Å²) in [4.78, 5) is 5.08. The van der Waals surface area contributed by atoms with E-state index in [-0.39, 0.29) is 0 Å². The van der Waals surface area contributed by atoms with Crippen molar-refractivity contribution in [1.82, 2.24) is 9.88 Å². The summed E-state index contributed by atoms with van der Waals surface area (Å²) in [5, 5.41) is 0. The minimum Gasteiger partial charge on any atom is -0.371 e. The van der Waals surface area contributed by atoms with Crippen molar-refractivity contribution in [3.8, 4) is 0 Å². The molecule has 13 heavy (non-hydrogen) atoms. The number of aromatic nitrogens is 1. The van der Waals surface area contributed by atoms with E-state index in [1.165, 1.54) is 0 Å². The zero-order chi connectivity index (χ0) is 12.7. The molecule has 0 radical (unpaired) electrons. The number of nitrogens with zero attached hydrogens (tertiary/aromatic N) is 2. The molecular weight excluding hydrogens is 160 g/mol. The van der Waals surface area contributed by atoms with E-state index in [4.69, 9.17) is 5.48 Å². The Balaban J connectivity index is 2.47. The maximum atomic E-state index is 8.43. The molecule has 2 rings (SSSR count). The minimum absolute atomic E-state index is 0.427. The number of hydrogen-bond acceptors (Lipinski definition) is 2. The summed E-state index contributed by atoms with van der Waals surface area (Å²) in [6, 6.07) is 2.17. The van der Waals surface area contributed by atoms with Crippen LogP contribution in [-0.4, -0.2) is 16.9 Å². The Morgan fingerprint density at radius 3 is 3.46 bits per heavy atom. The third-order valence-corrected chi connectivity index (χ3v) is 2.23. The molecule has 1 aliphatic heterocycles. The van der Waals surface area contributed by atoms with Gasteiger partial charge in [-0.05, 0) is 24.5 Å². The van der Waals surface area contributed by atoms with Crippen molar-refractivity contribution in [2.45, 2.75) is 18.9 Å². The number of hydrogen-bond donors (Lipinski definition) is 0. The molecule has 0 saturated carbocycles. The van der Waals surface area contributed by atoms with Crippen molar-refractivity contribution in [2.24, 2.45) is 0 Å². The van der Waals surface area contributed by atoms with Crippen LogP contribution in [0.5, 0.6) is 0 Å². The first-order chi connectivity index (χ1) is 7.86. The van der Waals surface area contributed by atoms with Gasteiger partial charge in [0.05, 0.1) is 7.39 Å². The fourth-order valence-electron chi connectivity index (χ4n) is 1.48. The van der Waals surface area contributed by atoms with E-state index in [0.29, 0.717) is 24.1 Å². The molecule has 0 aromatic carbocycles. The predicted molar refractivity (Wildman–Crippen MR) is 53.1 cm³/mol. The molecule has 1 fully saturated rings. The lowest BCUT2D eigenvalue weighted by Gasteiger charge is -2.22. The average molecular weight is 178 g/mol. The van der Waals surface area contributed by atoms with Gasteiger partial charge >= 0.3 is 0 Å². The highest BCUT2D eigenvalue weighted by Crippen LogP contribution is 2.35. The fourth-order valence-corrected chi connectivity index (χ4v) is 1.48. The van der Waals surface area contributed by atoms with Crippen LogP contribution in [0.15, 0.2) is 36.8 Å². The lowest BCUT2D eigenvalue weighted by Crippen LogP contribution is -2.15. The Labute approximate surface area is 84.5 Å². The van der Waals surface area contributed by atoms with Gasteiger partial charge in [-0.3, -0.25) is 4.98 Å². The van der Waals surface area contributed by atoms with Crippen LogP contribution in [0.1, 0.15) is 29.9 Å². The topological polar surface area (TPSA) is 16.1 Å². The molecule has 1 aromatic rings. The summed E-state index contributed by atoms with van der Waals surface area (Å²) in [5.41, 5.74) is 1.08. The van der Waals surface area contributed by atoms with Crippen molar-refractivity contribution >= 4 is 0 Å². The maximum Gasteiger partial charge on any atom is 0.0582 e. The Bertz CT molecular complexity index is 429. The van der Waals surface area contributed by atoms with Crippen molar-refractivity contribution in [3.05, 3.63) is 42.4 Å². The molecule has 1 aliphatic rings. The first kappa shape index (κ1) is 4.80. The second kappa shape index (κ2) is 3.21. The van der Waals surface area contributed by atoms with Gasteiger partial charge in [-0.2, -0.15) is 0 Å². The Hall–Kier alpha value is -1.31. The van der Waals surface area contributed by atoms with Crippen molar-refractivity contribution in [2.75, 3.05) is 6.98 Å². The van der Waals surface area contributed by atoms with Gasteiger partial charge < -0.3 is 4.90 Å². The standard InChI is InChI=1S/C11H14N2/c1-9-5-6-11(13(9)2)10-4-3-7-12-8-10/h3-4,7-8,11H,1,5-6H2,2H3/t11-/m0/s1/i2D3,11D. The molecule has 0 N–H and O–H groups in total. The van der Waals surface area contributed by atoms with E-state index in [1.807, 2.05) is 0 Å². The van der Waals surface area contributed by atoms with Crippen molar-refractivity contribution in [3.63, 3.8) is 0 Å². The SMILES string of the molecule is [2H]C([2H])([2H])N1C(=C)CC[C@@]1([2H])c1cccnc1. The summed E-state index contributed by atoms with van der Waals surface area (Å²) in [5.74, 6) is 0. The van der Waals surface area contributed by atoms with E-state index >= 15 is 0 Å². The minimum atomic E-state index is -2.34. The third kappa shape index (κ3) is 1.44. The van der Waals surface area contributed by atoms with Crippen molar-refractivity contribution in [1.29, 1.82) is 0 Å². The van der Waals surface area contributed by atoms with Gasteiger partial charge in [-0.1, -0.05) is 12.6 Å². The van der Waals surface area contributed by atoms with E-state index in [1.54, 1.807) is 24.5 Å². The molecule has 1 saturated heterocycles. The Kier molecular flexibility index (Phi) is 1.18. The monoisotopic (exact) mass is 178 g/mol. The number of likely N-dealkylation sites (tertiary alicyclic amines) is 1. The molecule has 1 aromatic heterocycles.